The van der Waals surface area contributed by atoms with Crippen LogP contribution in [-0.4, -0.2) is 36.3 Å². The van der Waals surface area contributed by atoms with Gasteiger partial charge in [-0.25, -0.2) is 9.78 Å². The minimum atomic E-state index is -0.0495. The van der Waals surface area contributed by atoms with Gasteiger partial charge in [-0.15, -0.1) is 11.3 Å². The van der Waals surface area contributed by atoms with Gasteiger partial charge in [0, 0.05) is 36.4 Å². The molecule has 3 atom stereocenters. The molecule has 2 aliphatic rings. The van der Waals surface area contributed by atoms with E-state index in [-0.39, 0.29) is 12.1 Å². The highest BCUT2D eigenvalue weighted by atomic mass is 32.1. The topological polar surface area (TPSA) is 63.2 Å². The number of nitrogens with one attached hydrogen (secondary N) is 2. The average Bonchev–Trinajstić information content (AvgIpc) is 3.14. The fourth-order valence-corrected chi connectivity index (χ4v) is 4.80. The van der Waals surface area contributed by atoms with E-state index in [4.69, 9.17) is 4.74 Å². The van der Waals surface area contributed by atoms with E-state index in [1.807, 2.05) is 0 Å². The maximum Gasteiger partial charge on any atom is 0.315 e. The molecule has 6 heteroatoms. The molecule has 1 aliphatic heterocycles. The first kappa shape index (κ1) is 16.7. The van der Waals surface area contributed by atoms with Gasteiger partial charge in [0.2, 0.25) is 0 Å². The van der Waals surface area contributed by atoms with Crippen LogP contribution >= 0.6 is 11.3 Å². The zero-order valence-corrected chi connectivity index (χ0v) is 14.9. The normalized spacial score (nSPS) is 26.8. The van der Waals surface area contributed by atoms with Crippen LogP contribution in [0.1, 0.15) is 48.2 Å². The number of aromatic nitrogens is 1. The van der Waals surface area contributed by atoms with Crippen molar-refractivity contribution in [3.63, 3.8) is 0 Å². The molecule has 1 aromatic heterocycles. The Kier molecular flexibility index (Phi) is 5.54. The fraction of sp³-hybridized carbons (Fsp3) is 0.765. The predicted molar refractivity (Wildman–Crippen MR) is 92.0 cm³/mol. The number of rotatable bonds is 5. The largest absolute Gasteiger partial charge is 0.378 e. The Morgan fingerprint density at radius 1 is 1.39 bits per heavy atom. The third-order valence-corrected chi connectivity index (χ3v) is 6.07. The van der Waals surface area contributed by atoms with Crippen LogP contribution in [0.3, 0.4) is 0 Å². The Morgan fingerprint density at radius 3 is 3.04 bits per heavy atom. The minimum Gasteiger partial charge on any atom is -0.378 e. The van der Waals surface area contributed by atoms with E-state index < -0.39 is 0 Å². The number of amides is 2. The van der Waals surface area contributed by atoms with Crippen molar-refractivity contribution in [1.29, 1.82) is 0 Å². The van der Waals surface area contributed by atoms with Crippen LogP contribution in [0, 0.1) is 12.8 Å². The molecule has 1 saturated heterocycles. The van der Waals surface area contributed by atoms with Crippen molar-refractivity contribution in [3.8, 4) is 0 Å². The number of urea groups is 1. The van der Waals surface area contributed by atoms with Crippen LogP contribution < -0.4 is 10.6 Å². The molecule has 0 unspecified atom stereocenters. The van der Waals surface area contributed by atoms with Gasteiger partial charge in [0.25, 0.3) is 0 Å². The monoisotopic (exact) mass is 337 g/mol. The van der Waals surface area contributed by atoms with Gasteiger partial charge in [0.15, 0.2) is 0 Å². The molecule has 1 aromatic rings. The van der Waals surface area contributed by atoms with E-state index in [9.17, 15) is 4.79 Å². The minimum absolute atomic E-state index is 0.0495. The Labute approximate surface area is 142 Å². The number of carbonyl (C=O) groups is 1. The molecule has 2 fully saturated rings. The summed E-state index contributed by atoms with van der Waals surface area (Å²) in [6.45, 7) is 5.72. The number of hydrogen-bond donors (Lipinski definition) is 2. The molecule has 0 radical (unpaired) electrons. The lowest BCUT2D eigenvalue weighted by atomic mass is 9.82. The van der Waals surface area contributed by atoms with Crippen LogP contribution in [0.15, 0.2) is 0 Å². The molecule has 23 heavy (non-hydrogen) atoms. The van der Waals surface area contributed by atoms with E-state index in [1.165, 1.54) is 10.6 Å². The quantitative estimate of drug-likeness (QED) is 0.868. The number of nitrogens with zero attached hydrogens (tertiary/aromatic N) is 1. The molecule has 0 spiro atoms. The second kappa shape index (κ2) is 7.62. The van der Waals surface area contributed by atoms with Gasteiger partial charge in [-0.05, 0) is 39.0 Å². The van der Waals surface area contributed by atoms with Gasteiger partial charge in [-0.1, -0.05) is 6.92 Å². The molecular weight excluding hydrogens is 310 g/mol. The molecule has 0 bridgehead atoms. The molecule has 2 N–H and O–H groups in total. The zero-order chi connectivity index (χ0) is 16.2. The second-order valence-corrected chi connectivity index (χ2v) is 7.80. The summed E-state index contributed by atoms with van der Waals surface area (Å²) in [5, 5.41) is 7.25. The van der Waals surface area contributed by atoms with E-state index in [2.05, 4.69) is 29.5 Å². The zero-order valence-electron chi connectivity index (χ0n) is 14.1. The molecule has 2 heterocycles. The van der Waals surface area contributed by atoms with Crippen molar-refractivity contribution in [1.82, 2.24) is 15.6 Å². The first-order valence-corrected chi connectivity index (χ1v) is 9.60. The van der Waals surface area contributed by atoms with E-state index in [0.717, 1.165) is 50.1 Å². The Morgan fingerprint density at radius 2 is 2.26 bits per heavy atom. The van der Waals surface area contributed by atoms with Crippen LogP contribution in [0.25, 0.3) is 0 Å². The van der Waals surface area contributed by atoms with Gasteiger partial charge >= 0.3 is 6.03 Å². The summed E-state index contributed by atoms with van der Waals surface area (Å²) in [6.07, 6.45) is 6.58. The lowest BCUT2D eigenvalue weighted by Gasteiger charge is -2.33. The summed E-state index contributed by atoms with van der Waals surface area (Å²) in [6, 6.07) is 0.219. The van der Waals surface area contributed by atoms with Crippen molar-refractivity contribution < 1.29 is 9.53 Å². The highest BCUT2D eigenvalue weighted by Gasteiger charge is 2.38. The van der Waals surface area contributed by atoms with Crippen LogP contribution in [-0.2, 0) is 17.6 Å². The van der Waals surface area contributed by atoms with Gasteiger partial charge < -0.3 is 15.4 Å². The number of aryl methyl sites for hydroxylation is 2. The molecule has 1 aliphatic carbocycles. The van der Waals surface area contributed by atoms with Crippen LogP contribution in [0.4, 0.5) is 4.79 Å². The molecule has 128 valence electrons. The number of ether oxygens (including phenoxy) is 1. The maximum absolute atomic E-state index is 12.1. The number of carbonyl (C=O) groups excluding carboxylic acids is 1. The highest BCUT2D eigenvalue weighted by Crippen LogP contribution is 2.34. The smallest absolute Gasteiger partial charge is 0.315 e. The second-order valence-electron chi connectivity index (χ2n) is 6.51. The lowest BCUT2D eigenvalue weighted by Crippen LogP contribution is -2.49. The number of fused-ring (bicyclic) bond motifs is 1. The Bertz CT molecular complexity index is 546. The van der Waals surface area contributed by atoms with Crippen molar-refractivity contribution in [2.24, 2.45) is 5.92 Å². The summed E-state index contributed by atoms with van der Waals surface area (Å²) >= 11 is 1.74. The van der Waals surface area contributed by atoms with Crippen molar-refractivity contribution in [2.45, 2.75) is 64.5 Å². The average molecular weight is 337 g/mol. The Balaban J connectivity index is 1.42. The van der Waals surface area contributed by atoms with E-state index >= 15 is 0 Å². The van der Waals surface area contributed by atoms with Crippen molar-refractivity contribution in [2.75, 3.05) is 13.2 Å². The first-order valence-electron chi connectivity index (χ1n) is 8.78. The Hall–Kier alpha value is -1.14. The SMILES string of the molecule is CCc1nc(CCNC(=O)N[C@@H]2CCC[C@H]3OCC[C@@H]23)sc1C. The third kappa shape index (κ3) is 4.04. The van der Waals surface area contributed by atoms with Crippen LogP contribution in [0.5, 0.6) is 0 Å². The molecule has 2 amide bonds. The molecular formula is C17H27N3O2S. The summed E-state index contributed by atoms with van der Waals surface area (Å²) in [5.74, 6) is 0.503. The molecule has 5 nitrogen and oxygen atoms in total. The summed E-state index contributed by atoms with van der Waals surface area (Å²) < 4.78 is 5.75. The van der Waals surface area contributed by atoms with Gasteiger partial charge in [0.1, 0.15) is 0 Å². The lowest BCUT2D eigenvalue weighted by molar-refractivity contribution is 0.0549. The van der Waals surface area contributed by atoms with Crippen LogP contribution in [0.2, 0.25) is 0 Å². The third-order valence-electron chi connectivity index (χ3n) is 4.99. The van der Waals surface area contributed by atoms with E-state index in [0.29, 0.717) is 18.6 Å². The van der Waals surface area contributed by atoms with Gasteiger partial charge in [-0.3, -0.25) is 0 Å². The predicted octanol–water partition coefficient (Wildman–Crippen LogP) is 2.81. The maximum atomic E-state index is 12.1. The summed E-state index contributed by atoms with van der Waals surface area (Å²) in [4.78, 5) is 18.0. The summed E-state index contributed by atoms with van der Waals surface area (Å²) in [5.41, 5.74) is 1.18. The fourth-order valence-electron chi connectivity index (χ4n) is 3.78. The van der Waals surface area contributed by atoms with Gasteiger partial charge in [-0.2, -0.15) is 0 Å². The molecule has 1 saturated carbocycles. The first-order chi connectivity index (χ1) is 11.2. The van der Waals surface area contributed by atoms with Crippen molar-refractivity contribution >= 4 is 17.4 Å². The van der Waals surface area contributed by atoms with Gasteiger partial charge in [0.05, 0.1) is 16.8 Å². The standard InChI is InChI=1S/C17H27N3O2S/c1-3-13-11(2)23-16(19-13)7-9-18-17(21)20-14-5-4-6-15-12(14)8-10-22-15/h12,14-15H,3-10H2,1-2H3,(H2,18,20,21)/t12-,14+,15+/m0/s1. The molecule has 3 rings (SSSR count). The molecule has 0 aromatic carbocycles. The number of hydrogen-bond acceptors (Lipinski definition) is 4. The highest BCUT2D eigenvalue weighted by molar-refractivity contribution is 7.11. The number of thiazole rings is 1. The van der Waals surface area contributed by atoms with Crippen molar-refractivity contribution in [3.05, 3.63) is 15.6 Å². The van der Waals surface area contributed by atoms with E-state index in [1.54, 1.807) is 11.3 Å². The summed E-state index contributed by atoms with van der Waals surface area (Å²) in [7, 11) is 0.